The van der Waals surface area contributed by atoms with Gasteiger partial charge in [0.15, 0.2) is 16.8 Å². The van der Waals surface area contributed by atoms with E-state index in [1.54, 1.807) is 35.8 Å². The van der Waals surface area contributed by atoms with Gasteiger partial charge in [0.05, 0.1) is 28.1 Å². The van der Waals surface area contributed by atoms with Crippen LogP contribution in [0.4, 0.5) is 14.5 Å². The summed E-state index contributed by atoms with van der Waals surface area (Å²) in [5.41, 5.74) is 0.203. The summed E-state index contributed by atoms with van der Waals surface area (Å²) in [4.78, 5) is 24.9. The molecule has 2 N–H and O–H groups in total. The van der Waals surface area contributed by atoms with Gasteiger partial charge < -0.3 is 15.2 Å². The van der Waals surface area contributed by atoms with E-state index in [-0.39, 0.29) is 21.8 Å². The van der Waals surface area contributed by atoms with E-state index in [2.05, 4.69) is 36.8 Å². The Morgan fingerprint density at radius 2 is 1.97 bits per heavy atom. The zero-order chi connectivity index (χ0) is 24.1. The number of hydrogen-bond donors (Lipinski definition) is 2. The molecule has 0 radical (unpaired) electrons. The van der Waals surface area contributed by atoms with Crippen LogP contribution in [0.2, 0.25) is 5.02 Å². The summed E-state index contributed by atoms with van der Waals surface area (Å²) in [6.45, 7) is 4.14. The summed E-state index contributed by atoms with van der Waals surface area (Å²) in [5, 5.41) is 14.3. The molecule has 2 amide bonds. The van der Waals surface area contributed by atoms with Crippen LogP contribution in [0.15, 0.2) is 46.0 Å². The Kier molecular flexibility index (Phi) is 8.44. The second-order valence-electron chi connectivity index (χ2n) is 6.84. The van der Waals surface area contributed by atoms with Crippen molar-refractivity contribution in [1.82, 2.24) is 20.1 Å². The average molecular weight is 559 g/mol. The topological polar surface area (TPSA) is 88.9 Å². The summed E-state index contributed by atoms with van der Waals surface area (Å²) in [7, 11) is 0. The van der Waals surface area contributed by atoms with Crippen molar-refractivity contribution in [3.05, 3.63) is 68.9 Å². The number of thioether (sulfide) groups is 1. The van der Waals surface area contributed by atoms with Gasteiger partial charge in [0.25, 0.3) is 5.91 Å². The van der Waals surface area contributed by atoms with Gasteiger partial charge in [-0.3, -0.25) is 9.59 Å². The molecule has 33 heavy (non-hydrogen) atoms. The first-order valence-electron chi connectivity index (χ1n) is 9.77. The van der Waals surface area contributed by atoms with Crippen molar-refractivity contribution in [2.24, 2.45) is 0 Å². The monoisotopic (exact) mass is 557 g/mol. The van der Waals surface area contributed by atoms with Gasteiger partial charge in [0, 0.05) is 17.1 Å². The molecule has 12 heteroatoms. The first-order chi connectivity index (χ1) is 15.7. The summed E-state index contributed by atoms with van der Waals surface area (Å²) in [6.07, 6.45) is 0. The molecule has 2 aromatic carbocycles. The predicted octanol–water partition coefficient (Wildman–Crippen LogP) is 5.21. The fraction of sp³-hybridized carbons (Fsp3) is 0.238. The number of anilines is 1. The van der Waals surface area contributed by atoms with Crippen molar-refractivity contribution >= 4 is 56.8 Å². The second kappa shape index (κ2) is 11.1. The largest absolute Gasteiger partial charge is 0.342 e. The third-order valence-electron chi connectivity index (χ3n) is 4.52. The van der Waals surface area contributed by atoms with Crippen LogP contribution in [-0.2, 0) is 11.3 Å². The van der Waals surface area contributed by atoms with Gasteiger partial charge in [-0.15, -0.1) is 10.2 Å². The number of aromatic nitrogens is 3. The van der Waals surface area contributed by atoms with E-state index in [1.165, 1.54) is 0 Å². The lowest BCUT2D eigenvalue weighted by molar-refractivity contribution is -0.113. The number of carbonyl (C=O) groups excluding carboxylic acids is 2. The van der Waals surface area contributed by atoms with E-state index >= 15 is 0 Å². The van der Waals surface area contributed by atoms with E-state index in [0.717, 1.165) is 17.8 Å². The smallest absolute Gasteiger partial charge is 0.253 e. The first-order valence-corrected chi connectivity index (χ1v) is 11.9. The van der Waals surface area contributed by atoms with Gasteiger partial charge in [-0.25, -0.2) is 8.78 Å². The minimum atomic E-state index is -0.887. The minimum Gasteiger partial charge on any atom is -0.342 e. The molecular formula is C21H19BrClF2N5O2S. The maximum atomic E-state index is 13.9. The molecule has 0 saturated heterocycles. The maximum Gasteiger partial charge on any atom is 0.253 e. The molecule has 1 aromatic heterocycles. The first kappa shape index (κ1) is 25.1. The van der Waals surface area contributed by atoms with E-state index in [9.17, 15) is 18.4 Å². The lowest BCUT2D eigenvalue weighted by Gasteiger charge is -2.15. The highest BCUT2D eigenvalue weighted by molar-refractivity contribution is 9.10. The third kappa shape index (κ3) is 6.10. The summed E-state index contributed by atoms with van der Waals surface area (Å²) in [6, 6.07) is 7.97. The standard InChI is InChI=1S/C21H19BrClF2N5O2S/c1-3-30-19(11(2)26-20(32)13-6-4-5-7-15(13)23)28-29-21(30)33-10-17(31)27-18-14(22)8-12(24)9-16(18)25/h4-9,11H,3,10H2,1-2H3,(H,26,32)(H,27,31)/t11-/m0/s1. The molecule has 3 rings (SSSR count). The fourth-order valence-corrected chi connectivity index (χ4v) is 4.51. The van der Waals surface area contributed by atoms with E-state index in [0.29, 0.717) is 34.2 Å². The van der Waals surface area contributed by atoms with Crippen LogP contribution in [0.1, 0.15) is 36.1 Å². The molecule has 0 aliphatic carbocycles. The van der Waals surface area contributed by atoms with Crippen molar-refractivity contribution in [3.63, 3.8) is 0 Å². The Hall–Kier alpha value is -2.50. The molecule has 1 heterocycles. The van der Waals surface area contributed by atoms with Crippen LogP contribution < -0.4 is 10.6 Å². The van der Waals surface area contributed by atoms with Gasteiger partial charge in [-0.2, -0.15) is 0 Å². The van der Waals surface area contributed by atoms with Crippen molar-refractivity contribution in [2.75, 3.05) is 11.1 Å². The van der Waals surface area contributed by atoms with Crippen LogP contribution in [0.3, 0.4) is 0 Å². The molecule has 0 aliphatic rings. The van der Waals surface area contributed by atoms with Crippen LogP contribution in [0, 0.1) is 11.6 Å². The molecule has 0 saturated carbocycles. The van der Waals surface area contributed by atoms with Crippen molar-refractivity contribution in [2.45, 2.75) is 31.6 Å². The number of nitrogens with zero attached hydrogens (tertiary/aromatic N) is 3. The van der Waals surface area contributed by atoms with Gasteiger partial charge in [-0.05, 0) is 48.0 Å². The number of carbonyl (C=O) groups is 2. The number of hydrogen-bond acceptors (Lipinski definition) is 5. The Morgan fingerprint density at radius 3 is 2.64 bits per heavy atom. The maximum absolute atomic E-state index is 13.9. The SMILES string of the molecule is CCn1c(SCC(=O)Nc2c(F)cc(F)cc2Br)nnc1[C@H](C)NC(=O)c1ccccc1Cl. The Morgan fingerprint density at radius 1 is 1.24 bits per heavy atom. The van der Waals surface area contributed by atoms with Crippen LogP contribution >= 0.6 is 39.3 Å². The summed E-state index contributed by atoms with van der Waals surface area (Å²) >= 11 is 10.2. The lowest BCUT2D eigenvalue weighted by atomic mass is 10.2. The Labute approximate surface area is 206 Å². The average Bonchev–Trinajstić information content (AvgIpc) is 3.18. The number of halogens is 4. The number of amides is 2. The lowest BCUT2D eigenvalue weighted by Crippen LogP contribution is -2.29. The van der Waals surface area contributed by atoms with Crippen molar-refractivity contribution < 1.29 is 18.4 Å². The van der Waals surface area contributed by atoms with E-state index in [1.807, 2.05) is 6.92 Å². The molecule has 3 aromatic rings. The predicted molar refractivity (Wildman–Crippen MR) is 126 cm³/mol. The minimum absolute atomic E-state index is 0.0816. The number of rotatable bonds is 8. The van der Waals surface area contributed by atoms with E-state index < -0.39 is 23.6 Å². The van der Waals surface area contributed by atoms with Gasteiger partial charge in [0.2, 0.25) is 5.91 Å². The second-order valence-corrected chi connectivity index (χ2v) is 9.05. The molecule has 174 valence electrons. The van der Waals surface area contributed by atoms with Crippen LogP contribution in [0.5, 0.6) is 0 Å². The quantitative estimate of drug-likeness (QED) is 0.371. The molecule has 0 bridgehead atoms. The molecule has 1 atom stereocenters. The number of nitrogens with one attached hydrogen (secondary N) is 2. The number of benzene rings is 2. The van der Waals surface area contributed by atoms with Crippen LogP contribution in [-0.4, -0.2) is 32.3 Å². The molecule has 7 nitrogen and oxygen atoms in total. The Balaban J connectivity index is 1.66. The zero-order valence-electron chi connectivity index (χ0n) is 17.5. The molecule has 0 spiro atoms. The normalized spacial score (nSPS) is 11.8. The third-order valence-corrected chi connectivity index (χ3v) is 6.44. The molecule has 0 fully saturated rings. The molecular weight excluding hydrogens is 540 g/mol. The highest BCUT2D eigenvalue weighted by Gasteiger charge is 2.21. The summed E-state index contributed by atoms with van der Waals surface area (Å²) in [5.74, 6) is -2.07. The van der Waals surface area contributed by atoms with Crippen molar-refractivity contribution in [1.29, 1.82) is 0 Å². The van der Waals surface area contributed by atoms with Gasteiger partial charge >= 0.3 is 0 Å². The highest BCUT2D eigenvalue weighted by atomic mass is 79.9. The Bertz CT molecular complexity index is 1170. The molecule has 0 aliphatic heterocycles. The summed E-state index contributed by atoms with van der Waals surface area (Å²) < 4.78 is 29.0. The van der Waals surface area contributed by atoms with E-state index in [4.69, 9.17) is 11.6 Å². The molecule has 0 unspecified atom stereocenters. The van der Waals surface area contributed by atoms with Crippen LogP contribution in [0.25, 0.3) is 0 Å². The van der Waals surface area contributed by atoms with Gasteiger partial charge in [-0.1, -0.05) is 35.5 Å². The van der Waals surface area contributed by atoms with Crippen molar-refractivity contribution in [3.8, 4) is 0 Å². The highest BCUT2D eigenvalue weighted by Crippen LogP contribution is 2.28. The fourth-order valence-electron chi connectivity index (χ4n) is 2.98. The van der Waals surface area contributed by atoms with Gasteiger partial charge in [0.1, 0.15) is 5.82 Å². The zero-order valence-corrected chi connectivity index (χ0v) is 20.7.